The molecule has 1 aromatic heterocycles. The van der Waals surface area contributed by atoms with Crippen LogP contribution in [0.15, 0.2) is 47.6 Å². The molecule has 0 saturated carbocycles. The van der Waals surface area contributed by atoms with Crippen LogP contribution in [0.1, 0.15) is 19.4 Å². The number of H-pyrrole nitrogens is 1. The van der Waals surface area contributed by atoms with Gasteiger partial charge in [-0.05, 0) is 62.5 Å². The summed E-state index contributed by atoms with van der Waals surface area (Å²) >= 11 is 11.2. The molecular formula is C19H20ClN5OS. The highest BCUT2D eigenvalue weighted by Gasteiger charge is 2.09. The molecule has 27 heavy (non-hydrogen) atoms. The Bertz CT molecular complexity index is 1010. The zero-order valence-electron chi connectivity index (χ0n) is 15.1. The number of nitrogens with one attached hydrogen (secondary N) is 1. The lowest BCUT2D eigenvalue weighted by molar-refractivity contribution is 0.474. The summed E-state index contributed by atoms with van der Waals surface area (Å²) in [5.74, 6) is 0.721. The minimum atomic E-state index is 0.159. The molecule has 0 radical (unpaired) electrons. The van der Waals surface area contributed by atoms with Gasteiger partial charge in [-0.3, -0.25) is 0 Å². The third-order valence-corrected chi connectivity index (χ3v) is 4.72. The zero-order chi connectivity index (χ0) is 19.4. The van der Waals surface area contributed by atoms with Gasteiger partial charge in [0.2, 0.25) is 4.77 Å². The van der Waals surface area contributed by atoms with Crippen molar-refractivity contribution in [2.75, 3.05) is 18.0 Å². The number of rotatable bonds is 6. The molecule has 6 nitrogen and oxygen atoms in total. The van der Waals surface area contributed by atoms with Gasteiger partial charge < -0.3 is 10.0 Å². The highest BCUT2D eigenvalue weighted by molar-refractivity contribution is 7.71. The summed E-state index contributed by atoms with van der Waals surface area (Å²) in [6.07, 6.45) is 1.56. The Morgan fingerprint density at radius 3 is 2.56 bits per heavy atom. The van der Waals surface area contributed by atoms with Crippen molar-refractivity contribution < 1.29 is 5.11 Å². The number of phenolic OH excluding ortho intramolecular Hbond substituents is 1. The normalized spacial score (nSPS) is 11.2. The standard InChI is InChI=1S/C19H20ClN5OS/c1-3-24(4-2)16-10-7-14(17(26)11-16)12-21-25-18(22-23-19(25)27)13-5-8-15(20)9-6-13/h5-12,26H,3-4H2,1-2H3,(H,23,27). The molecule has 8 heteroatoms. The average molecular weight is 402 g/mol. The van der Waals surface area contributed by atoms with E-state index in [0.717, 1.165) is 24.3 Å². The smallest absolute Gasteiger partial charge is 0.216 e. The predicted molar refractivity (Wildman–Crippen MR) is 113 cm³/mol. The molecule has 3 aromatic rings. The minimum Gasteiger partial charge on any atom is -0.507 e. The van der Waals surface area contributed by atoms with E-state index in [4.69, 9.17) is 23.8 Å². The van der Waals surface area contributed by atoms with E-state index < -0.39 is 0 Å². The van der Waals surface area contributed by atoms with Gasteiger partial charge in [0.25, 0.3) is 0 Å². The number of halogens is 1. The summed E-state index contributed by atoms with van der Waals surface area (Å²) in [6.45, 7) is 5.90. The monoisotopic (exact) mass is 401 g/mol. The second kappa shape index (κ2) is 8.37. The summed E-state index contributed by atoms with van der Waals surface area (Å²) in [7, 11) is 0. The van der Waals surface area contributed by atoms with Gasteiger partial charge in [-0.2, -0.15) is 14.9 Å². The summed E-state index contributed by atoms with van der Waals surface area (Å²) in [5.41, 5.74) is 2.39. The van der Waals surface area contributed by atoms with Gasteiger partial charge >= 0.3 is 0 Å². The Hall–Kier alpha value is -2.64. The number of hydrogen-bond donors (Lipinski definition) is 2. The van der Waals surface area contributed by atoms with E-state index in [9.17, 15) is 5.11 Å². The van der Waals surface area contributed by atoms with E-state index in [1.807, 2.05) is 24.3 Å². The van der Waals surface area contributed by atoms with Crippen molar-refractivity contribution in [3.63, 3.8) is 0 Å². The van der Waals surface area contributed by atoms with Gasteiger partial charge in [0.1, 0.15) is 5.75 Å². The van der Waals surface area contributed by atoms with Gasteiger partial charge in [0.15, 0.2) is 5.82 Å². The molecule has 0 aliphatic heterocycles. The largest absolute Gasteiger partial charge is 0.507 e. The third-order valence-electron chi connectivity index (χ3n) is 4.21. The molecule has 2 aromatic carbocycles. The fourth-order valence-electron chi connectivity index (χ4n) is 2.73. The van der Waals surface area contributed by atoms with Crippen LogP contribution < -0.4 is 4.90 Å². The lowest BCUT2D eigenvalue weighted by Gasteiger charge is -2.21. The van der Waals surface area contributed by atoms with Crippen LogP contribution in [0, 0.1) is 4.77 Å². The summed E-state index contributed by atoms with van der Waals surface area (Å²) < 4.78 is 1.87. The number of anilines is 1. The quantitative estimate of drug-likeness (QED) is 0.464. The van der Waals surface area contributed by atoms with E-state index in [-0.39, 0.29) is 5.75 Å². The maximum atomic E-state index is 10.4. The van der Waals surface area contributed by atoms with Crippen LogP contribution in [-0.2, 0) is 0 Å². The maximum absolute atomic E-state index is 10.4. The van der Waals surface area contributed by atoms with Crippen molar-refractivity contribution in [3.8, 4) is 17.1 Å². The van der Waals surface area contributed by atoms with Crippen LogP contribution in [0.3, 0.4) is 0 Å². The molecule has 1 heterocycles. The molecule has 0 fully saturated rings. The van der Waals surface area contributed by atoms with Crippen LogP contribution >= 0.6 is 23.8 Å². The minimum absolute atomic E-state index is 0.159. The lowest BCUT2D eigenvalue weighted by Crippen LogP contribution is -2.21. The Balaban J connectivity index is 1.92. The van der Waals surface area contributed by atoms with Crippen molar-refractivity contribution in [1.82, 2.24) is 14.9 Å². The van der Waals surface area contributed by atoms with Crippen molar-refractivity contribution in [3.05, 3.63) is 57.8 Å². The maximum Gasteiger partial charge on any atom is 0.216 e. The number of benzene rings is 2. The molecule has 0 aliphatic carbocycles. The number of aromatic hydroxyl groups is 1. The van der Waals surface area contributed by atoms with E-state index in [2.05, 4.69) is 34.0 Å². The number of nitrogens with zero attached hydrogens (tertiary/aromatic N) is 4. The lowest BCUT2D eigenvalue weighted by atomic mass is 10.2. The van der Waals surface area contributed by atoms with Gasteiger partial charge in [-0.15, -0.1) is 0 Å². The fraction of sp³-hybridized carbons (Fsp3) is 0.211. The van der Waals surface area contributed by atoms with Crippen molar-refractivity contribution in [2.45, 2.75) is 13.8 Å². The molecule has 0 saturated heterocycles. The molecule has 0 amide bonds. The van der Waals surface area contributed by atoms with Crippen molar-refractivity contribution in [1.29, 1.82) is 0 Å². The Morgan fingerprint density at radius 2 is 1.93 bits per heavy atom. The third kappa shape index (κ3) is 4.20. The highest BCUT2D eigenvalue weighted by Crippen LogP contribution is 2.24. The molecule has 140 valence electrons. The number of aromatic amines is 1. The van der Waals surface area contributed by atoms with Crippen molar-refractivity contribution in [2.24, 2.45) is 5.10 Å². The molecular weight excluding hydrogens is 382 g/mol. The Kier molecular flexibility index (Phi) is 5.93. The summed E-state index contributed by atoms with van der Waals surface area (Å²) in [4.78, 5) is 2.16. The molecule has 0 unspecified atom stereocenters. The van der Waals surface area contributed by atoms with E-state index in [0.29, 0.717) is 21.2 Å². The first-order valence-electron chi connectivity index (χ1n) is 8.59. The molecule has 0 aliphatic rings. The topological polar surface area (TPSA) is 69.4 Å². The SMILES string of the molecule is CCN(CC)c1ccc(C=Nn2c(-c3ccc(Cl)cc3)n[nH]c2=S)c(O)c1. The van der Waals surface area contributed by atoms with Crippen LogP contribution in [0.2, 0.25) is 5.02 Å². The van der Waals surface area contributed by atoms with Gasteiger partial charge in [0, 0.05) is 41.0 Å². The van der Waals surface area contributed by atoms with E-state index in [1.165, 1.54) is 4.68 Å². The molecule has 0 atom stereocenters. The highest BCUT2D eigenvalue weighted by atomic mass is 35.5. The average Bonchev–Trinajstić information content (AvgIpc) is 3.03. The Labute approximate surface area is 167 Å². The number of phenols is 1. The van der Waals surface area contributed by atoms with E-state index in [1.54, 1.807) is 24.4 Å². The first-order chi connectivity index (χ1) is 13.0. The molecule has 3 rings (SSSR count). The van der Waals surface area contributed by atoms with Gasteiger partial charge in [-0.1, -0.05) is 11.6 Å². The molecule has 0 spiro atoms. The van der Waals surface area contributed by atoms with Crippen LogP contribution in [0.4, 0.5) is 5.69 Å². The van der Waals surface area contributed by atoms with Crippen LogP contribution in [-0.4, -0.2) is 39.3 Å². The number of aromatic nitrogens is 3. The molecule has 2 N–H and O–H groups in total. The predicted octanol–water partition coefficient (Wildman–Crippen LogP) is 4.70. The van der Waals surface area contributed by atoms with Crippen molar-refractivity contribution >= 4 is 35.7 Å². The Morgan fingerprint density at radius 1 is 1.22 bits per heavy atom. The van der Waals surface area contributed by atoms with Gasteiger partial charge in [0.05, 0.1) is 6.21 Å². The van der Waals surface area contributed by atoms with Crippen LogP contribution in [0.5, 0.6) is 5.75 Å². The first kappa shape index (κ1) is 19.1. The van der Waals surface area contributed by atoms with Crippen LogP contribution in [0.25, 0.3) is 11.4 Å². The fourth-order valence-corrected chi connectivity index (χ4v) is 3.04. The second-order valence-corrected chi connectivity index (χ2v) is 6.65. The zero-order valence-corrected chi connectivity index (χ0v) is 16.6. The number of hydrogen-bond acceptors (Lipinski definition) is 5. The first-order valence-corrected chi connectivity index (χ1v) is 9.37. The summed E-state index contributed by atoms with van der Waals surface area (Å²) in [5, 5.41) is 22.4. The second-order valence-electron chi connectivity index (χ2n) is 5.83. The molecule has 0 bridgehead atoms. The van der Waals surface area contributed by atoms with Gasteiger partial charge in [-0.25, -0.2) is 5.10 Å². The summed E-state index contributed by atoms with van der Waals surface area (Å²) in [6, 6.07) is 12.8. The van der Waals surface area contributed by atoms with E-state index >= 15 is 0 Å².